The summed E-state index contributed by atoms with van der Waals surface area (Å²) in [6.07, 6.45) is 0.510. The monoisotopic (exact) mass is 534 g/mol. The number of nitrogens with zero attached hydrogens (tertiary/aromatic N) is 2. The summed E-state index contributed by atoms with van der Waals surface area (Å²) in [5.41, 5.74) is 5.37. The molecule has 2 heterocycles. The Kier molecular flexibility index (Phi) is 6.50. The van der Waals surface area contributed by atoms with E-state index in [-0.39, 0.29) is 11.6 Å². The number of H-pyrrole nitrogens is 1. The summed E-state index contributed by atoms with van der Waals surface area (Å²) >= 11 is 12.3. The van der Waals surface area contributed by atoms with Gasteiger partial charge in [0.2, 0.25) is 0 Å². The molecule has 1 unspecified atom stereocenters. The van der Waals surface area contributed by atoms with Gasteiger partial charge in [-0.2, -0.15) is 5.10 Å². The highest BCUT2D eigenvalue weighted by Crippen LogP contribution is 2.37. The molecule has 0 amide bonds. The van der Waals surface area contributed by atoms with Crippen LogP contribution in [0.4, 0.5) is 5.69 Å². The molecule has 0 saturated carbocycles. The highest BCUT2D eigenvalue weighted by Gasteiger charge is 2.34. The van der Waals surface area contributed by atoms with Crippen LogP contribution in [0.15, 0.2) is 119 Å². The smallest absolute Gasteiger partial charge is 0.258 e. The number of nitrogens with one attached hydrogen (secondary N) is 2. The molecular weight excluding hydrogens is 512 g/mol. The van der Waals surface area contributed by atoms with Crippen LogP contribution >= 0.6 is 23.8 Å². The van der Waals surface area contributed by atoms with Crippen molar-refractivity contribution in [3.8, 4) is 11.1 Å². The molecule has 186 valence electrons. The molecule has 0 fully saturated rings. The van der Waals surface area contributed by atoms with Gasteiger partial charge in [-0.05, 0) is 53.7 Å². The second-order valence-electron chi connectivity index (χ2n) is 9.08. The number of hydrazone groups is 1. The maximum Gasteiger partial charge on any atom is 0.258 e. The van der Waals surface area contributed by atoms with E-state index in [1.54, 1.807) is 6.07 Å². The lowest BCUT2D eigenvalue weighted by Gasteiger charge is -2.24. The van der Waals surface area contributed by atoms with Crippen LogP contribution in [0, 0.1) is 0 Å². The molecule has 38 heavy (non-hydrogen) atoms. The number of fused-ring (bicyclic) bond motifs is 1. The summed E-state index contributed by atoms with van der Waals surface area (Å²) in [6.45, 7) is 0. The van der Waals surface area contributed by atoms with Crippen LogP contribution < -0.4 is 10.9 Å². The molecular formula is C31H23ClN4OS. The van der Waals surface area contributed by atoms with Crippen LogP contribution in [0.2, 0.25) is 5.02 Å². The first kappa shape index (κ1) is 24.1. The minimum Gasteiger partial charge on any atom is -0.331 e. The average Bonchev–Trinajstić information content (AvgIpc) is 3.39. The standard InChI is InChI=1S/C31H23ClN4OS/c32-22-16-17-25-24(18-22)28(21-12-6-2-7-13-21)29(30(37)34-25)26-19-27(20-10-4-1-5-11-20)36(35-26)31(38)33-23-14-8-3-9-15-23/h1-18,27H,19H2,(H,33,38)(H,34,37). The number of hydrogen-bond acceptors (Lipinski definition) is 3. The Morgan fingerprint density at radius 1 is 0.895 bits per heavy atom. The van der Waals surface area contributed by atoms with Gasteiger partial charge in [0, 0.05) is 33.6 Å². The van der Waals surface area contributed by atoms with E-state index < -0.39 is 0 Å². The van der Waals surface area contributed by atoms with E-state index in [4.69, 9.17) is 28.9 Å². The van der Waals surface area contributed by atoms with Gasteiger partial charge in [-0.3, -0.25) is 4.79 Å². The Bertz CT molecular complexity index is 1720. The second-order valence-corrected chi connectivity index (χ2v) is 9.90. The van der Waals surface area contributed by atoms with Crippen molar-refractivity contribution in [3.63, 3.8) is 0 Å². The summed E-state index contributed by atoms with van der Waals surface area (Å²) in [4.78, 5) is 16.7. The van der Waals surface area contributed by atoms with Crippen LogP contribution in [0.25, 0.3) is 22.0 Å². The first-order chi connectivity index (χ1) is 18.6. The number of halogens is 1. The average molecular weight is 535 g/mol. The molecule has 0 bridgehead atoms. The zero-order valence-corrected chi connectivity index (χ0v) is 21.8. The van der Waals surface area contributed by atoms with Crippen LogP contribution in [-0.2, 0) is 0 Å². The van der Waals surface area contributed by atoms with Crippen molar-refractivity contribution in [2.45, 2.75) is 12.5 Å². The van der Waals surface area contributed by atoms with Crippen molar-refractivity contribution in [1.82, 2.24) is 9.99 Å². The minimum atomic E-state index is -0.201. The van der Waals surface area contributed by atoms with Crippen LogP contribution in [0.1, 0.15) is 23.6 Å². The number of hydrogen-bond donors (Lipinski definition) is 2. The SMILES string of the molecule is O=c1[nH]c2ccc(Cl)cc2c(-c2ccccc2)c1C1=NN(C(=S)Nc2ccccc2)C(c2ccccc2)C1. The number of rotatable bonds is 4. The number of para-hydroxylation sites is 1. The largest absolute Gasteiger partial charge is 0.331 e. The van der Waals surface area contributed by atoms with Gasteiger partial charge in [-0.1, -0.05) is 90.5 Å². The molecule has 0 aliphatic carbocycles. The third-order valence-electron chi connectivity index (χ3n) is 6.66. The molecule has 0 radical (unpaired) electrons. The zero-order valence-electron chi connectivity index (χ0n) is 20.3. The van der Waals surface area contributed by atoms with E-state index in [1.807, 2.05) is 96.0 Å². The summed E-state index contributed by atoms with van der Waals surface area (Å²) in [7, 11) is 0. The van der Waals surface area contributed by atoms with Crippen molar-refractivity contribution in [2.24, 2.45) is 5.10 Å². The molecule has 0 saturated heterocycles. The van der Waals surface area contributed by atoms with Crippen molar-refractivity contribution >= 4 is 51.2 Å². The Morgan fingerprint density at radius 2 is 1.55 bits per heavy atom. The summed E-state index contributed by atoms with van der Waals surface area (Å²) in [6, 6.07) is 35.1. The normalized spacial score (nSPS) is 14.9. The van der Waals surface area contributed by atoms with Gasteiger partial charge < -0.3 is 10.3 Å². The minimum absolute atomic E-state index is 0.173. The van der Waals surface area contributed by atoms with Crippen molar-refractivity contribution in [1.29, 1.82) is 0 Å². The van der Waals surface area contributed by atoms with Gasteiger partial charge in [-0.25, -0.2) is 5.01 Å². The molecule has 1 aliphatic heterocycles. The third-order valence-corrected chi connectivity index (χ3v) is 7.18. The van der Waals surface area contributed by atoms with E-state index >= 15 is 0 Å². The first-order valence-corrected chi connectivity index (χ1v) is 13.1. The predicted molar refractivity (Wildman–Crippen MR) is 160 cm³/mol. The molecule has 2 N–H and O–H groups in total. The lowest BCUT2D eigenvalue weighted by molar-refractivity contribution is 0.375. The van der Waals surface area contributed by atoms with Crippen molar-refractivity contribution < 1.29 is 0 Å². The molecule has 5 nitrogen and oxygen atoms in total. The number of benzene rings is 4. The van der Waals surface area contributed by atoms with Crippen molar-refractivity contribution in [2.75, 3.05) is 5.32 Å². The van der Waals surface area contributed by atoms with Gasteiger partial charge in [0.05, 0.1) is 17.3 Å². The fourth-order valence-corrected chi connectivity index (χ4v) is 5.39. The predicted octanol–water partition coefficient (Wildman–Crippen LogP) is 7.40. The van der Waals surface area contributed by atoms with Crippen LogP contribution in [0.3, 0.4) is 0 Å². The van der Waals surface area contributed by atoms with Crippen molar-refractivity contribution in [3.05, 3.63) is 136 Å². The summed E-state index contributed by atoms with van der Waals surface area (Å²) in [5, 5.41) is 12.0. The topological polar surface area (TPSA) is 60.5 Å². The Morgan fingerprint density at radius 3 is 2.26 bits per heavy atom. The quantitative estimate of drug-likeness (QED) is 0.236. The van der Waals surface area contributed by atoms with E-state index in [2.05, 4.69) is 22.4 Å². The number of aromatic amines is 1. The number of anilines is 1. The van der Waals surface area contributed by atoms with E-state index in [0.717, 1.165) is 33.3 Å². The molecule has 1 aromatic heterocycles. The Balaban J connectivity index is 1.52. The van der Waals surface area contributed by atoms with Gasteiger partial charge in [0.25, 0.3) is 5.56 Å². The Hall–Kier alpha value is -4.26. The van der Waals surface area contributed by atoms with E-state index in [0.29, 0.717) is 27.8 Å². The number of pyridine rings is 1. The Labute approximate surface area is 230 Å². The van der Waals surface area contributed by atoms with E-state index in [1.165, 1.54) is 0 Å². The third kappa shape index (κ3) is 4.60. The second kappa shape index (κ2) is 10.2. The highest BCUT2D eigenvalue weighted by atomic mass is 35.5. The van der Waals surface area contributed by atoms with Crippen LogP contribution in [0.5, 0.6) is 0 Å². The zero-order chi connectivity index (χ0) is 26.1. The molecule has 4 aromatic carbocycles. The molecule has 1 atom stereocenters. The molecule has 6 rings (SSSR count). The summed E-state index contributed by atoms with van der Waals surface area (Å²) < 4.78 is 0. The van der Waals surface area contributed by atoms with Gasteiger partial charge in [0.1, 0.15) is 0 Å². The van der Waals surface area contributed by atoms with Crippen LogP contribution in [-0.4, -0.2) is 20.8 Å². The van der Waals surface area contributed by atoms with Gasteiger partial charge in [-0.15, -0.1) is 0 Å². The fourth-order valence-electron chi connectivity index (χ4n) is 4.93. The maximum atomic E-state index is 13.7. The fraction of sp³-hybridized carbons (Fsp3) is 0.0645. The number of aromatic nitrogens is 1. The van der Waals surface area contributed by atoms with Gasteiger partial charge in [0.15, 0.2) is 5.11 Å². The molecule has 7 heteroatoms. The maximum absolute atomic E-state index is 13.7. The lowest BCUT2D eigenvalue weighted by Crippen LogP contribution is -2.31. The molecule has 1 aliphatic rings. The number of thiocarbonyl (C=S) groups is 1. The molecule has 0 spiro atoms. The highest BCUT2D eigenvalue weighted by molar-refractivity contribution is 7.80. The first-order valence-electron chi connectivity index (χ1n) is 12.3. The van der Waals surface area contributed by atoms with Gasteiger partial charge >= 0.3 is 0 Å². The van der Waals surface area contributed by atoms with E-state index in [9.17, 15) is 4.79 Å². The lowest BCUT2D eigenvalue weighted by atomic mass is 9.91. The summed E-state index contributed by atoms with van der Waals surface area (Å²) in [5.74, 6) is 0. The molecule has 5 aromatic rings.